The minimum absolute atomic E-state index is 0.00875. The van der Waals surface area contributed by atoms with Crippen LogP contribution in [0, 0.1) is 11.8 Å². The fraction of sp³-hybridized carbons (Fsp3) is 0.545. The van der Waals surface area contributed by atoms with Gasteiger partial charge in [0.25, 0.3) is 0 Å². The predicted molar refractivity (Wildman–Crippen MR) is 57.5 cm³/mol. The lowest BCUT2D eigenvalue weighted by Gasteiger charge is -2.27. The van der Waals surface area contributed by atoms with Crippen molar-refractivity contribution in [3.63, 3.8) is 0 Å². The molecule has 1 aliphatic rings. The summed E-state index contributed by atoms with van der Waals surface area (Å²) in [5, 5.41) is 17.5. The largest absolute Gasteiger partial charge is 0.486 e. The lowest BCUT2D eigenvalue weighted by atomic mass is 9.85. The highest BCUT2D eigenvalue weighted by molar-refractivity contribution is 5.86. The molecule has 0 saturated heterocycles. The van der Waals surface area contributed by atoms with Crippen LogP contribution in [-0.2, 0) is 23.9 Å². The van der Waals surface area contributed by atoms with Crippen LogP contribution in [0.2, 0.25) is 0 Å². The van der Waals surface area contributed by atoms with E-state index in [4.69, 9.17) is 14.9 Å². The second-order valence-electron chi connectivity index (χ2n) is 3.95. The number of aliphatic carboxylic acids is 2. The first kappa shape index (κ1) is 14.0. The molecule has 1 rings (SSSR count). The van der Waals surface area contributed by atoms with Crippen LogP contribution in [0.5, 0.6) is 0 Å². The van der Waals surface area contributed by atoms with Gasteiger partial charge in [0.15, 0.2) is 0 Å². The third kappa shape index (κ3) is 3.76. The van der Waals surface area contributed by atoms with Gasteiger partial charge in [0.05, 0.1) is 26.6 Å². The van der Waals surface area contributed by atoms with Crippen molar-refractivity contribution in [2.24, 2.45) is 11.8 Å². The van der Waals surface area contributed by atoms with Crippen molar-refractivity contribution in [1.29, 1.82) is 0 Å². The minimum Gasteiger partial charge on any atom is -0.486 e. The highest BCUT2D eigenvalue weighted by Crippen LogP contribution is 2.28. The number of carbonyl (C=O) groups excluding carboxylic acids is 1. The Kier molecular flexibility index (Phi) is 4.70. The Bertz CT molecular complexity index is 385. The molecule has 7 nitrogen and oxygen atoms in total. The Labute approximate surface area is 103 Å². The maximum absolute atomic E-state index is 11.2. The molecule has 2 N–H and O–H groups in total. The first-order valence-corrected chi connectivity index (χ1v) is 5.30. The van der Waals surface area contributed by atoms with Gasteiger partial charge in [-0.1, -0.05) is 0 Å². The summed E-state index contributed by atoms with van der Waals surface area (Å²) >= 11 is 0. The summed E-state index contributed by atoms with van der Waals surface area (Å²) in [6, 6.07) is 0. The molecule has 0 radical (unpaired) electrons. The first-order valence-electron chi connectivity index (χ1n) is 5.30. The predicted octanol–water partition coefficient (Wildman–Crippen LogP) is 0.255. The van der Waals surface area contributed by atoms with E-state index < -0.39 is 29.7 Å². The van der Waals surface area contributed by atoms with Crippen molar-refractivity contribution < 1.29 is 34.1 Å². The maximum Gasteiger partial charge on any atom is 0.372 e. The van der Waals surface area contributed by atoms with Gasteiger partial charge in [-0.2, -0.15) is 0 Å². The summed E-state index contributed by atoms with van der Waals surface area (Å²) in [6.45, 7) is -0.00875. The number of carbonyl (C=O) groups is 3. The van der Waals surface area contributed by atoms with Gasteiger partial charge in [-0.15, -0.1) is 0 Å². The third-order valence-electron chi connectivity index (χ3n) is 2.66. The molecule has 18 heavy (non-hydrogen) atoms. The lowest BCUT2D eigenvalue weighted by molar-refractivity contribution is -0.144. The summed E-state index contributed by atoms with van der Waals surface area (Å²) in [5.41, 5.74) is 0. The smallest absolute Gasteiger partial charge is 0.372 e. The second kappa shape index (κ2) is 6.04. The Balaban J connectivity index is 2.85. The van der Waals surface area contributed by atoms with Crippen molar-refractivity contribution in [3.05, 3.63) is 11.8 Å². The molecule has 2 atom stereocenters. The van der Waals surface area contributed by atoms with Crippen LogP contribution in [0.25, 0.3) is 0 Å². The van der Waals surface area contributed by atoms with Crippen LogP contribution >= 0.6 is 0 Å². The Morgan fingerprint density at radius 2 is 1.94 bits per heavy atom. The summed E-state index contributed by atoms with van der Waals surface area (Å²) in [6.07, 6.45) is 0.877. The zero-order valence-corrected chi connectivity index (χ0v) is 9.79. The molecule has 7 heteroatoms. The number of hydrogen-bond acceptors (Lipinski definition) is 5. The van der Waals surface area contributed by atoms with E-state index in [0.717, 1.165) is 0 Å². The van der Waals surface area contributed by atoms with Crippen LogP contribution < -0.4 is 0 Å². The van der Waals surface area contributed by atoms with Gasteiger partial charge in [0.1, 0.15) is 0 Å². The molecule has 1 heterocycles. The molecule has 0 bridgehead atoms. The van der Waals surface area contributed by atoms with E-state index in [1.54, 1.807) is 0 Å². The van der Waals surface area contributed by atoms with Crippen molar-refractivity contribution in [3.8, 4) is 0 Å². The molecule has 100 valence electrons. The average molecular weight is 258 g/mol. The molecule has 0 aliphatic carbocycles. The second-order valence-corrected chi connectivity index (χ2v) is 3.95. The van der Waals surface area contributed by atoms with E-state index in [1.807, 2.05) is 0 Å². The van der Waals surface area contributed by atoms with Crippen molar-refractivity contribution in [2.45, 2.75) is 12.8 Å². The molecule has 0 amide bonds. The van der Waals surface area contributed by atoms with E-state index in [0.29, 0.717) is 0 Å². The van der Waals surface area contributed by atoms with Crippen molar-refractivity contribution in [2.75, 3.05) is 13.7 Å². The number of esters is 1. The number of carboxylic acid groups (broad SMARTS) is 2. The Hall–Kier alpha value is -2.05. The zero-order chi connectivity index (χ0) is 13.7. The molecule has 0 aromatic heterocycles. The Morgan fingerprint density at radius 3 is 2.44 bits per heavy atom. The van der Waals surface area contributed by atoms with Crippen LogP contribution in [-0.4, -0.2) is 41.8 Å². The minimum atomic E-state index is -1.06. The van der Waals surface area contributed by atoms with Gasteiger partial charge in [0, 0.05) is 5.92 Å². The first-order chi connectivity index (χ1) is 8.43. The van der Waals surface area contributed by atoms with Gasteiger partial charge in [-0.25, -0.2) is 4.79 Å². The maximum atomic E-state index is 11.2. The SMILES string of the molecule is COC(=O)C1=CC(CC(=O)O)C(CC(=O)O)CO1. The van der Waals surface area contributed by atoms with E-state index in [-0.39, 0.29) is 25.2 Å². The zero-order valence-electron chi connectivity index (χ0n) is 9.79. The van der Waals surface area contributed by atoms with Crippen LogP contribution in [0.15, 0.2) is 11.8 Å². The highest BCUT2D eigenvalue weighted by Gasteiger charge is 2.31. The lowest BCUT2D eigenvalue weighted by Crippen LogP contribution is -2.30. The van der Waals surface area contributed by atoms with Gasteiger partial charge < -0.3 is 19.7 Å². The number of rotatable bonds is 5. The quantitative estimate of drug-likeness (QED) is 0.680. The average Bonchev–Trinajstić information content (AvgIpc) is 2.29. The summed E-state index contributed by atoms with van der Waals surface area (Å²) in [5.74, 6) is -3.87. The van der Waals surface area contributed by atoms with Crippen LogP contribution in [0.1, 0.15) is 12.8 Å². The number of methoxy groups -OCH3 is 1. The van der Waals surface area contributed by atoms with Crippen molar-refractivity contribution in [1.82, 2.24) is 0 Å². The molecule has 0 fully saturated rings. The fourth-order valence-corrected chi connectivity index (χ4v) is 1.79. The van der Waals surface area contributed by atoms with Crippen LogP contribution in [0.3, 0.4) is 0 Å². The van der Waals surface area contributed by atoms with Gasteiger partial charge in [-0.05, 0) is 12.0 Å². The van der Waals surface area contributed by atoms with E-state index in [9.17, 15) is 14.4 Å². The molecule has 1 aliphatic heterocycles. The monoisotopic (exact) mass is 258 g/mol. The van der Waals surface area contributed by atoms with Crippen LogP contribution in [0.4, 0.5) is 0 Å². The molecule has 0 aromatic rings. The van der Waals surface area contributed by atoms with Gasteiger partial charge in [0.2, 0.25) is 5.76 Å². The topological polar surface area (TPSA) is 110 Å². The normalized spacial score (nSPS) is 22.6. The molecule has 2 unspecified atom stereocenters. The molecule has 0 saturated carbocycles. The standard InChI is InChI=1S/C11H14O7/c1-17-11(16)8-2-6(3-9(12)13)7(5-18-8)4-10(14)15/h2,6-7H,3-5H2,1H3,(H,12,13)(H,14,15). The molecule has 0 aromatic carbocycles. The fourth-order valence-electron chi connectivity index (χ4n) is 1.79. The third-order valence-corrected chi connectivity index (χ3v) is 2.66. The number of carboxylic acids is 2. The van der Waals surface area contributed by atoms with E-state index >= 15 is 0 Å². The van der Waals surface area contributed by atoms with Crippen molar-refractivity contribution >= 4 is 17.9 Å². The van der Waals surface area contributed by atoms with E-state index in [1.165, 1.54) is 13.2 Å². The van der Waals surface area contributed by atoms with Gasteiger partial charge >= 0.3 is 17.9 Å². The number of ether oxygens (including phenoxy) is 2. The molecular weight excluding hydrogens is 244 g/mol. The number of hydrogen-bond donors (Lipinski definition) is 2. The molecular formula is C11H14O7. The van der Waals surface area contributed by atoms with Gasteiger partial charge in [-0.3, -0.25) is 9.59 Å². The molecule has 0 spiro atoms. The Morgan fingerprint density at radius 1 is 1.33 bits per heavy atom. The summed E-state index contributed by atoms with van der Waals surface area (Å²) in [7, 11) is 1.18. The highest BCUT2D eigenvalue weighted by atomic mass is 16.6. The number of allylic oxidation sites excluding steroid dienone is 1. The summed E-state index contributed by atoms with van der Waals surface area (Å²) in [4.78, 5) is 32.6. The summed E-state index contributed by atoms with van der Waals surface area (Å²) < 4.78 is 9.55. The van der Waals surface area contributed by atoms with E-state index in [2.05, 4.69) is 4.74 Å².